The van der Waals surface area contributed by atoms with Crippen molar-refractivity contribution in [2.75, 3.05) is 0 Å². The lowest BCUT2D eigenvalue weighted by atomic mass is 10.2. The number of carbonyl (C=O) groups is 1. The van der Waals surface area contributed by atoms with Gasteiger partial charge in [0.25, 0.3) is 5.91 Å². The van der Waals surface area contributed by atoms with Crippen LogP contribution < -0.4 is 10.1 Å². The Labute approximate surface area is 171 Å². The van der Waals surface area contributed by atoms with E-state index < -0.39 is 0 Å². The van der Waals surface area contributed by atoms with Gasteiger partial charge in [-0.1, -0.05) is 35.5 Å². The highest BCUT2D eigenvalue weighted by molar-refractivity contribution is 8.18. The summed E-state index contributed by atoms with van der Waals surface area (Å²) < 4.78 is 10.5. The maximum atomic E-state index is 12.3. The van der Waals surface area contributed by atoms with E-state index in [0.717, 1.165) is 16.8 Å². The van der Waals surface area contributed by atoms with Crippen molar-refractivity contribution in [3.05, 3.63) is 76.3 Å². The molecule has 8 heteroatoms. The normalized spacial score (nSPS) is 16.4. The van der Waals surface area contributed by atoms with Crippen molar-refractivity contribution >= 4 is 34.6 Å². The van der Waals surface area contributed by atoms with Crippen LogP contribution in [0.2, 0.25) is 0 Å². The third-order valence-electron chi connectivity index (χ3n) is 4.10. The summed E-state index contributed by atoms with van der Waals surface area (Å²) >= 11 is 1.32. The van der Waals surface area contributed by atoms with Gasteiger partial charge in [0.05, 0.1) is 10.6 Å². The van der Waals surface area contributed by atoms with E-state index in [1.54, 1.807) is 6.92 Å². The molecule has 0 saturated carbocycles. The van der Waals surface area contributed by atoms with Crippen molar-refractivity contribution in [1.29, 1.82) is 0 Å². The van der Waals surface area contributed by atoms with Gasteiger partial charge in [0.15, 0.2) is 11.8 Å². The molecule has 4 rings (SSSR count). The molecule has 2 heterocycles. The van der Waals surface area contributed by atoms with Crippen molar-refractivity contribution < 1.29 is 14.1 Å². The van der Waals surface area contributed by atoms with Crippen molar-refractivity contribution in [3.8, 4) is 5.75 Å². The van der Waals surface area contributed by atoms with Gasteiger partial charge in [-0.05, 0) is 54.1 Å². The number of amides is 1. The van der Waals surface area contributed by atoms with Crippen LogP contribution in [0.25, 0.3) is 6.08 Å². The first-order chi connectivity index (χ1) is 14.1. The number of rotatable bonds is 5. The van der Waals surface area contributed by atoms with Gasteiger partial charge in [-0.2, -0.15) is 4.98 Å². The highest BCUT2D eigenvalue weighted by Crippen LogP contribution is 2.29. The summed E-state index contributed by atoms with van der Waals surface area (Å²) in [6, 6.07) is 15.2. The molecule has 1 saturated heterocycles. The maximum absolute atomic E-state index is 12.3. The number of carbonyl (C=O) groups excluding carboxylic acids is 1. The predicted octanol–water partition coefficient (Wildman–Crippen LogP) is 4.16. The van der Waals surface area contributed by atoms with Crippen LogP contribution in [0.15, 0.2) is 63.0 Å². The molecule has 1 N–H and O–H groups in total. The highest BCUT2D eigenvalue weighted by Gasteiger charge is 2.23. The van der Waals surface area contributed by atoms with Gasteiger partial charge >= 0.3 is 0 Å². The summed E-state index contributed by atoms with van der Waals surface area (Å²) in [5.41, 5.74) is 2.79. The number of nitrogens with one attached hydrogen (secondary N) is 1. The van der Waals surface area contributed by atoms with Crippen LogP contribution in [-0.2, 0) is 11.4 Å². The number of ether oxygens (including phenoxy) is 1. The predicted molar refractivity (Wildman–Crippen MR) is 112 cm³/mol. The highest BCUT2D eigenvalue weighted by atomic mass is 32.2. The van der Waals surface area contributed by atoms with Crippen molar-refractivity contribution in [1.82, 2.24) is 15.5 Å². The topological polar surface area (TPSA) is 89.6 Å². The summed E-state index contributed by atoms with van der Waals surface area (Å²) in [5, 5.41) is 7.17. The fourth-order valence-corrected chi connectivity index (χ4v) is 3.47. The third kappa shape index (κ3) is 4.72. The molecule has 29 heavy (non-hydrogen) atoms. The molecule has 1 amide bonds. The van der Waals surface area contributed by atoms with Crippen LogP contribution in [0.3, 0.4) is 0 Å². The van der Waals surface area contributed by atoms with Crippen LogP contribution in [-0.4, -0.2) is 21.2 Å². The molecule has 0 atom stereocenters. The second kappa shape index (κ2) is 8.32. The van der Waals surface area contributed by atoms with Crippen molar-refractivity contribution in [3.63, 3.8) is 0 Å². The number of hydrogen-bond donors (Lipinski definition) is 1. The Bertz CT molecular complexity index is 1100. The molecular weight excluding hydrogens is 388 g/mol. The zero-order chi connectivity index (χ0) is 20.2. The molecule has 1 fully saturated rings. The molecule has 0 radical (unpaired) electrons. The van der Waals surface area contributed by atoms with Crippen LogP contribution in [0.1, 0.15) is 22.8 Å². The molecule has 0 spiro atoms. The van der Waals surface area contributed by atoms with E-state index in [1.807, 2.05) is 61.5 Å². The SMILES string of the molecule is Cc1nc(COc2ccc(/C=C3\SC(=Nc4ccccc4C)NC3=O)cc2)no1. The van der Waals surface area contributed by atoms with E-state index >= 15 is 0 Å². The molecule has 146 valence electrons. The lowest BCUT2D eigenvalue weighted by molar-refractivity contribution is -0.115. The molecule has 1 aliphatic heterocycles. The van der Waals surface area contributed by atoms with Gasteiger partial charge in [-0.3, -0.25) is 4.79 Å². The number of aryl methyl sites for hydroxylation is 2. The van der Waals surface area contributed by atoms with E-state index in [0.29, 0.717) is 27.5 Å². The minimum atomic E-state index is -0.157. The van der Waals surface area contributed by atoms with E-state index in [-0.39, 0.29) is 12.5 Å². The number of nitrogens with zero attached hydrogens (tertiary/aromatic N) is 3. The van der Waals surface area contributed by atoms with Crippen LogP contribution >= 0.6 is 11.8 Å². The zero-order valence-electron chi connectivity index (χ0n) is 15.9. The maximum Gasteiger partial charge on any atom is 0.264 e. The van der Waals surface area contributed by atoms with E-state index in [4.69, 9.17) is 9.26 Å². The van der Waals surface area contributed by atoms with E-state index in [9.17, 15) is 4.79 Å². The molecular formula is C21H18N4O3S. The van der Waals surface area contributed by atoms with Gasteiger partial charge in [0.1, 0.15) is 5.75 Å². The third-order valence-corrected chi connectivity index (χ3v) is 5.01. The Morgan fingerprint density at radius 2 is 1.97 bits per heavy atom. The molecule has 3 aromatic rings. The second-order valence-corrected chi connectivity index (χ2v) is 7.39. The minimum Gasteiger partial charge on any atom is -0.485 e. The van der Waals surface area contributed by atoms with Crippen LogP contribution in [0.4, 0.5) is 5.69 Å². The smallest absolute Gasteiger partial charge is 0.264 e. The average Bonchev–Trinajstić information content (AvgIpc) is 3.28. The zero-order valence-corrected chi connectivity index (χ0v) is 16.7. The summed E-state index contributed by atoms with van der Waals surface area (Å²) in [6.45, 7) is 3.95. The Hall–Kier alpha value is -3.39. The quantitative estimate of drug-likeness (QED) is 0.640. The second-order valence-electron chi connectivity index (χ2n) is 6.36. The van der Waals surface area contributed by atoms with Gasteiger partial charge < -0.3 is 14.6 Å². The van der Waals surface area contributed by atoms with Crippen LogP contribution in [0, 0.1) is 13.8 Å². The summed E-state index contributed by atoms with van der Waals surface area (Å²) in [4.78, 5) is 21.5. The Morgan fingerprint density at radius 3 is 2.69 bits per heavy atom. The van der Waals surface area contributed by atoms with Crippen molar-refractivity contribution in [2.45, 2.75) is 20.5 Å². The summed E-state index contributed by atoms with van der Waals surface area (Å²) in [5.74, 6) is 1.52. The number of hydrogen-bond acceptors (Lipinski definition) is 7. The number of amidine groups is 1. The lowest BCUT2D eigenvalue weighted by Gasteiger charge is -2.03. The Kier molecular flexibility index (Phi) is 5.44. The summed E-state index contributed by atoms with van der Waals surface area (Å²) in [7, 11) is 0. The molecule has 1 aromatic heterocycles. The Morgan fingerprint density at radius 1 is 1.17 bits per heavy atom. The van der Waals surface area contributed by atoms with Crippen molar-refractivity contribution in [2.24, 2.45) is 4.99 Å². The van der Waals surface area contributed by atoms with Crippen LogP contribution in [0.5, 0.6) is 5.75 Å². The molecule has 0 unspecified atom stereocenters. The fourth-order valence-electron chi connectivity index (χ4n) is 2.64. The first kappa shape index (κ1) is 18.9. The number of thioether (sulfide) groups is 1. The minimum absolute atomic E-state index is 0.157. The first-order valence-electron chi connectivity index (χ1n) is 8.94. The largest absolute Gasteiger partial charge is 0.485 e. The Balaban J connectivity index is 1.42. The van der Waals surface area contributed by atoms with Gasteiger partial charge in [0, 0.05) is 6.92 Å². The number of aliphatic imine (C=N–C) groups is 1. The van der Waals surface area contributed by atoms with E-state index in [1.165, 1.54) is 11.8 Å². The van der Waals surface area contributed by atoms with E-state index in [2.05, 4.69) is 20.4 Å². The van der Waals surface area contributed by atoms with Gasteiger partial charge in [-0.25, -0.2) is 4.99 Å². The standard InChI is InChI=1S/C21H18N4O3S/c1-13-5-3-4-6-17(13)23-21-24-20(26)18(29-21)11-15-7-9-16(10-8-15)27-12-19-22-14(2)28-25-19/h3-11H,12H2,1-2H3,(H,23,24,26)/b18-11-. The number of para-hydroxylation sites is 1. The summed E-state index contributed by atoms with van der Waals surface area (Å²) in [6.07, 6.45) is 1.83. The molecule has 1 aliphatic rings. The van der Waals surface area contributed by atoms with Gasteiger partial charge in [-0.15, -0.1) is 0 Å². The van der Waals surface area contributed by atoms with Gasteiger partial charge in [0.2, 0.25) is 11.7 Å². The molecule has 7 nitrogen and oxygen atoms in total. The number of aromatic nitrogens is 2. The molecule has 0 aliphatic carbocycles. The molecule has 2 aromatic carbocycles. The average molecular weight is 406 g/mol. The lowest BCUT2D eigenvalue weighted by Crippen LogP contribution is -2.19. The number of benzene rings is 2. The molecule has 0 bridgehead atoms. The first-order valence-corrected chi connectivity index (χ1v) is 9.76. The fraction of sp³-hybridized carbons (Fsp3) is 0.143. The monoisotopic (exact) mass is 406 g/mol.